The SMILES string of the molecule is C=C(C)C(=O)OCc1cc(C2CCC(C3CCCCC3)CC2)ccc1CO. The fourth-order valence-corrected chi connectivity index (χ4v) is 4.98. The molecule has 148 valence electrons. The van der Waals surface area contributed by atoms with Gasteiger partial charge in [0.2, 0.25) is 0 Å². The number of hydrogen-bond acceptors (Lipinski definition) is 3. The molecule has 2 saturated carbocycles. The second kappa shape index (κ2) is 9.54. The molecular formula is C24H34O3. The van der Waals surface area contributed by atoms with Crippen molar-refractivity contribution in [1.29, 1.82) is 0 Å². The van der Waals surface area contributed by atoms with Crippen LogP contribution in [0.2, 0.25) is 0 Å². The minimum absolute atomic E-state index is 0.0331. The monoisotopic (exact) mass is 370 g/mol. The Morgan fingerprint density at radius 1 is 1.04 bits per heavy atom. The minimum Gasteiger partial charge on any atom is -0.457 e. The maximum absolute atomic E-state index is 11.7. The summed E-state index contributed by atoms with van der Waals surface area (Å²) < 4.78 is 5.32. The number of carbonyl (C=O) groups is 1. The lowest BCUT2D eigenvalue weighted by Crippen LogP contribution is -2.23. The fraction of sp³-hybridized carbons (Fsp3) is 0.625. The average molecular weight is 371 g/mol. The van der Waals surface area contributed by atoms with Crippen LogP contribution >= 0.6 is 0 Å². The maximum Gasteiger partial charge on any atom is 0.333 e. The highest BCUT2D eigenvalue weighted by Crippen LogP contribution is 2.43. The van der Waals surface area contributed by atoms with Crippen LogP contribution < -0.4 is 0 Å². The van der Waals surface area contributed by atoms with E-state index in [2.05, 4.69) is 18.7 Å². The van der Waals surface area contributed by atoms with Crippen LogP contribution in [0, 0.1) is 11.8 Å². The molecular weight excluding hydrogens is 336 g/mol. The smallest absolute Gasteiger partial charge is 0.333 e. The van der Waals surface area contributed by atoms with Crippen molar-refractivity contribution < 1.29 is 14.6 Å². The first kappa shape index (κ1) is 20.1. The normalized spacial score (nSPS) is 23.8. The highest BCUT2D eigenvalue weighted by Gasteiger charge is 2.29. The van der Waals surface area contributed by atoms with Gasteiger partial charge in [0.15, 0.2) is 0 Å². The third-order valence-electron chi connectivity index (χ3n) is 6.67. The molecule has 3 nitrogen and oxygen atoms in total. The van der Waals surface area contributed by atoms with Gasteiger partial charge < -0.3 is 9.84 Å². The second-order valence-electron chi connectivity index (χ2n) is 8.55. The molecule has 1 aromatic rings. The summed E-state index contributed by atoms with van der Waals surface area (Å²) in [5.41, 5.74) is 3.48. The van der Waals surface area contributed by atoms with Gasteiger partial charge in [-0.15, -0.1) is 0 Å². The van der Waals surface area contributed by atoms with E-state index in [0.29, 0.717) is 11.5 Å². The zero-order valence-electron chi connectivity index (χ0n) is 16.7. The molecule has 0 heterocycles. The number of hydrogen-bond donors (Lipinski definition) is 1. The topological polar surface area (TPSA) is 46.5 Å². The predicted molar refractivity (Wildman–Crippen MR) is 108 cm³/mol. The van der Waals surface area contributed by atoms with Crippen LogP contribution in [-0.2, 0) is 22.7 Å². The van der Waals surface area contributed by atoms with Gasteiger partial charge in [-0.3, -0.25) is 0 Å². The fourth-order valence-electron chi connectivity index (χ4n) is 4.98. The molecule has 2 aliphatic carbocycles. The van der Waals surface area contributed by atoms with Gasteiger partial charge in [-0.2, -0.15) is 0 Å². The van der Waals surface area contributed by atoms with Gasteiger partial charge in [0.05, 0.1) is 6.61 Å². The van der Waals surface area contributed by atoms with E-state index in [1.807, 2.05) is 6.07 Å². The van der Waals surface area contributed by atoms with Crippen LogP contribution in [0.1, 0.15) is 87.3 Å². The van der Waals surface area contributed by atoms with Crippen molar-refractivity contribution in [1.82, 2.24) is 0 Å². The number of ether oxygens (including phenoxy) is 1. The van der Waals surface area contributed by atoms with Gasteiger partial charge in [0, 0.05) is 5.57 Å². The zero-order chi connectivity index (χ0) is 19.2. The van der Waals surface area contributed by atoms with E-state index < -0.39 is 0 Å². The molecule has 2 fully saturated rings. The first-order chi connectivity index (χ1) is 13.1. The Hall–Kier alpha value is -1.61. The van der Waals surface area contributed by atoms with Crippen LogP contribution in [0.15, 0.2) is 30.4 Å². The van der Waals surface area contributed by atoms with Crippen LogP contribution in [0.25, 0.3) is 0 Å². The van der Waals surface area contributed by atoms with Crippen molar-refractivity contribution >= 4 is 5.97 Å². The number of aliphatic hydroxyl groups is 1. The minimum atomic E-state index is -0.378. The number of carbonyl (C=O) groups excluding carboxylic acids is 1. The van der Waals surface area contributed by atoms with Crippen LogP contribution in [0.5, 0.6) is 0 Å². The number of aliphatic hydroxyl groups excluding tert-OH is 1. The Morgan fingerprint density at radius 2 is 1.70 bits per heavy atom. The standard InChI is InChI=1S/C24H34O3/c1-17(2)24(26)27-16-23-14-21(12-13-22(23)15-25)20-10-8-19(9-11-20)18-6-4-3-5-7-18/h12-14,18-20,25H,1,3-11,15-16H2,2H3. The van der Waals surface area contributed by atoms with Crippen molar-refractivity contribution in [2.24, 2.45) is 11.8 Å². The first-order valence-corrected chi connectivity index (χ1v) is 10.6. The zero-order valence-corrected chi connectivity index (χ0v) is 16.7. The predicted octanol–water partition coefficient (Wildman–Crippen LogP) is 5.65. The third-order valence-corrected chi connectivity index (χ3v) is 6.67. The van der Waals surface area contributed by atoms with Crippen molar-refractivity contribution in [2.75, 3.05) is 0 Å². The highest BCUT2D eigenvalue weighted by molar-refractivity contribution is 5.86. The summed E-state index contributed by atoms with van der Waals surface area (Å²) in [6.07, 6.45) is 12.4. The van der Waals surface area contributed by atoms with E-state index in [1.54, 1.807) is 6.92 Å². The summed E-state index contributed by atoms with van der Waals surface area (Å²) in [4.78, 5) is 11.7. The lowest BCUT2D eigenvalue weighted by molar-refractivity contribution is -0.140. The highest BCUT2D eigenvalue weighted by atomic mass is 16.5. The molecule has 0 bridgehead atoms. The molecule has 0 amide bonds. The molecule has 0 saturated heterocycles. The summed E-state index contributed by atoms with van der Waals surface area (Å²) in [6.45, 7) is 5.44. The largest absolute Gasteiger partial charge is 0.457 e. The Morgan fingerprint density at radius 3 is 2.33 bits per heavy atom. The number of esters is 1. The number of benzene rings is 1. The van der Waals surface area contributed by atoms with Gasteiger partial charge in [-0.1, -0.05) is 56.9 Å². The maximum atomic E-state index is 11.7. The molecule has 27 heavy (non-hydrogen) atoms. The summed E-state index contributed by atoms with van der Waals surface area (Å²) in [6, 6.07) is 6.29. The first-order valence-electron chi connectivity index (χ1n) is 10.6. The van der Waals surface area contributed by atoms with Crippen LogP contribution in [-0.4, -0.2) is 11.1 Å². The summed E-state index contributed by atoms with van der Waals surface area (Å²) >= 11 is 0. The van der Waals surface area contributed by atoms with E-state index in [4.69, 9.17) is 4.74 Å². The molecule has 0 aliphatic heterocycles. The summed E-state index contributed by atoms with van der Waals surface area (Å²) in [5, 5.41) is 9.61. The molecule has 1 aromatic carbocycles. The van der Waals surface area contributed by atoms with Crippen molar-refractivity contribution in [2.45, 2.75) is 83.8 Å². The molecule has 0 radical (unpaired) electrons. The van der Waals surface area contributed by atoms with Crippen LogP contribution in [0.4, 0.5) is 0 Å². The molecule has 0 spiro atoms. The average Bonchev–Trinajstić information content (AvgIpc) is 2.72. The van der Waals surface area contributed by atoms with Gasteiger partial charge in [0.1, 0.15) is 6.61 Å². The summed E-state index contributed by atoms with van der Waals surface area (Å²) in [5.74, 6) is 2.10. The van der Waals surface area contributed by atoms with Crippen LogP contribution in [0.3, 0.4) is 0 Å². The Labute approximate surface area is 163 Å². The molecule has 1 N–H and O–H groups in total. The van der Waals surface area contributed by atoms with E-state index in [-0.39, 0.29) is 19.2 Å². The Bertz CT molecular complexity index is 650. The molecule has 2 aliphatic rings. The third kappa shape index (κ3) is 5.22. The van der Waals surface area contributed by atoms with Crippen molar-refractivity contribution in [3.05, 3.63) is 47.0 Å². The molecule has 3 heteroatoms. The molecule has 0 aromatic heterocycles. The number of rotatable bonds is 6. The molecule has 0 atom stereocenters. The second-order valence-corrected chi connectivity index (χ2v) is 8.55. The van der Waals surface area contributed by atoms with Gasteiger partial charge in [-0.25, -0.2) is 4.79 Å². The quantitative estimate of drug-likeness (QED) is 0.520. The van der Waals surface area contributed by atoms with Gasteiger partial charge >= 0.3 is 5.97 Å². The summed E-state index contributed by atoms with van der Waals surface area (Å²) in [7, 11) is 0. The van der Waals surface area contributed by atoms with Gasteiger partial charge in [-0.05, 0) is 67.1 Å². The van der Waals surface area contributed by atoms with E-state index in [9.17, 15) is 9.90 Å². The van der Waals surface area contributed by atoms with E-state index >= 15 is 0 Å². The lowest BCUT2D eigenvalue weighted by Gasteiger charge is -2.36. The molecule has 0 unspecified atom stereocenters. The Balaban J connectivity index is 1.62. The molecule has 3 rings (SSSR count). The van der Waals surface area contributed by atoms with Crippen molar-refractivity contribution in [3.8, 4) is 0 Å². The van der Waals surface area contributed by atoms with Crippen molar-refractivity contribution in [3.63, 3.8) is 0 Å². The van der Waals surface area contributed by atoms with Gasteiger partial charge in [0.25, 0.3) is 0 Å². The van der Waals surface area contributed by atoms with E-state index in [0.717, 1.165) is 23.0 Å². The Kier molecular flexibility index (Phi) is 7.12. The lowest BCUT2D eigenvalue weighted by atomic mass is 9.70. The van der Waals surface area contributed by atoms with E-state index in [1.165, 1.54) is 63.4 Å².